The van der Waals surface area contributed by atoms with Gasteiger partial charge >= 0.3 is 0 Å². The monoisotopic (exact) mass is 275 g/mol. The van der Waals surface area contributed by atoms with Gasteiger partial charge in [0.25, 0.3) is 0 Å². The van der Waals surface area contributed by atoms with Crippen LogP contribution >= 0.6 is 0 Å². The molecular formula is C17H29N3. The molecule has 1 aromatic heterocycles. The lowest BCUT2D eigenvalue weighted by atomic mass is 9.95. The average molecular weight is 275 g/mol. The number of aromatic nitrogens is 1. The highest BCUT2D eigenvalue weighted by Crippen LogP contribution is 2.34. The highest BCUT2D eigenvalue weighted by Gasteiger charge is 2.25. The van der Waals surface area contributed by atoms with E-state index in [9.17, 15) is 0 Å². The standard InChI is InChI=1S/C17H29N3/c1-3-5-13-20-14-7-6-10-16(20)15-9-8-12-19-17(15)18-11-4-2/h8-9,12,16H,3-7,10-11,13-14H2,1-2H3,(H,18,19). The molecule has 3 nitrogen and oxygen atoms in total. The van der Waals surface area contributed by atoms with Gasteiger partial charge in [0, 0.05) is 24.3 Å². The zero-order valence-corrected chi connectivity index (χ0v) is 13.1. The molecule has 0 aliphatic carbocycles. The van der Waals surface area contributed by atoms with E-state index >= 15 is 0 Å². The van der Waals surface area contributed by atoms with Gasteiger partial charge in [0.2, 0.25) is 0 Å². The van der Waals surface area contributed by atoms with Crippen LogP contribution in [-0.2, 0) is 0 Å². The van der Waals surface area contributed by atoms with Gasteiger partial charge in [-0.2, -0.15) is 0 Å². The third kappa shape index (κ3) is 3.95. The van der Waals surface area contributed by atoms with Crippen LogP contribution in [0.15, 0.2) is 18.3 Å². The van der Waals surface area contributed by atoms with E-state index in [0.717, 1.165) is 18.8 Å². The molecule has 1 N–H and O–H groups in total. The normalized spacial score (nSPS) is 20.0. The van der Waals surface area contributed by atoms with Crippen molar-refractivity contribution < 1.29 is 0 Å². The highest BCUT2D eigenvalue weighted by molar-refractivity contribution is 5.45. The van der Waals surface area contributed by atoms with Crippen molar-refractivity contribution >= 4 is 5.82 Å². The molecule has 2 rings (SSSR count). The predicted molar refractivity (Wildman–Crippen MR) is 86.1 cm³/mol. The quantitative estimate of drug-likeness (QED) is 0.807. The van der Waals surface area contributed by atoms with Gasteiger partial charge in [-0.05, 0) is 44.8 Å². The van der Waals surface area contributed by atoms with Crippen molar-refractivity contribution in [2.24, 2.45) is 0 Å². The van der Waals surface area contributed by atoms with E-state index in [0.29, 0.717) is 6.04 Å². The number of nitrogens with zero attached hydrogens (tertiary/aromatic N) is 2. The molecule has 112 valence electrons. The number of hydrogen-bond donors (Lipinski definition) is 1. The van der Waals surface area contributed by atoms with Crippen molar-refractivity contribution in [3.8, 4) is 0 Å². The van der Waals surface area contributed by atoms with Gasteiger partial charge in [0.05, 0.1) is 0 Å². The molecule has 1 aromatic rings. The van der Waals surface area contributed by atoms with E-state index in [2.05, 4.69) is 41.2 Å². The lowest BCUT2D eigenvalue weighted by Gasteiger charge is -2.36. The zero-order chi connectivity index (χ0) is 14.2. The molecule has 20 heavy (non-hydrogen) atoms. The Kier molecular flexibility index (Phi) is 6.31. The zero-order valence-electron chi connectivity index (χ0n) is 13.1. The summed E-state index contributed by atoms with van der Waals surface area (Å²) in [5.41, 5.74) is 1.40. The number of nitrogens with one attached hydrogen (secondary N) is 1. The average Bonchev–Trinajstić information content (AvgIpc) is 2.51. The summed E-state index contributed by atoms with van der Waals surface area (Å²) >= 11 is 0. The fourth-order valence-electron chi connectivity index (χ4n) is 3.05. The number of rotatable bonds is 7. The van der Waals surface area contributed by atoms with E-state index in [1.165, 1.54) is 50.8 Å². The number of hydrogen-bond acceptors (Lipinski definition) is 3. The van der Waals surface area contributed by atoms with Crippen LogP contribution in [0.3, 0.4) is 0 Å². The van der Waals surface area contributed by atoms with Crippen molar-refractivity contribution in [2.45, 2.75) is 58.4 Å². The molecule has 2 heterocycles. The molecule has 1 atom stereocenters. The van der Waals surface area contributed by atoms with E-state index < -0.39 is 0 Å². The summed E-state index contributed by atoms with van der Waals surface area (Å²) in [4.78, 5) is 7.24. The van der Waals surface area contributed by atoms with E-state index in [1.54, 1.807) is 0 Å². The van der Waals surface area contributed by atoms with Crippen molar-refractivity contribution in [3.63, 3.8) is 0 Å². The molecule has 0 radical (unpaired) electrons. The summed E-state index contributed by atoms with van der Waals surface area (Å²) in [5, 5.41) is 3.50. The first-order chi connectivity index (χ1) is 9.86. The fraction of sp³-hybridized carbons (Fsp3) is 0.706. The van der Waals surface area contributed by atoms with E-state index in [1.807, 2.05) is 6.20 Å². The lowest BCUT2D eigenvalue weighted by molar-refractivity contribution is 0.147. The van der Waals surface area contributed by atoms with Gasteiger partial charge in [-0.3, -0.25) is 4.90 Å². The lowest BCUT2D eigenvalue weighted by Crippen LogP contribution is -2.34. The Morgan fingerprint density at radius 2 is 2.20 bits per heavy atom. The Balaban J connectivity index is 2.14. The van der Waals surface area contributed by atoms with Crippen molar-refractivity contribution in [1.29, 1.82) is 0 Å². The molecule has 0 bridgehead atoms. The summed E-state index contributed by atoms with van der Waals surface area (Å²) in [6, 6.07) is 4.90. The molecule has 0 spiro atoms. The minimum atomic E-state index is 0.559. The first-order valence-corrected chi connectivity index (χ1v) is 8.29. The summed E-state index contributed by atoms with van der Waals surface area (Å²) < 4.78 is 0. The van der Waals surface area contributed by atoms with Gasteiger partial charge in [-0.25, -0.2) is 4.98 Å². The van der Waals surface area contributed by atoms with E-state index in [-0.39, 0.29) is 0 Å². The summed E-state index contributed by atoms with van der Waals surface area (Å²) in [6.45, 7) is 7.95. The Bertz CT molecular complexity index is 392. The van der Waals surface area contributed by atoms with Gasteiger partial charge in [0.15, 0.2) is 0 Å². The minimum absolute atomic E-state index is 0.559. The molecule has 1 unspecified atom stereocenters. The molecule has 1 fully saturated rings. The second-order valence-electron chi connectivity index (χ2n) is 5.77. The third-order valence-corrected chi connectivity index (χ3v) is 4.15. The van der Waals surface area contributed by atoms with Crippen LogP contribution < -0.4 is 5.32 Å². The first kappa shape index (κ1) is 15.3. The van der Waals surface area contributed by atoms with Gasteiger partial charge in [-0.1, -0.05) is 32.8 Å². The minimum Gasteiger partial charge on any atom is -0.370 e. The SMILES string of the molecule is CCCCN1CCCCC1c1cccnc1NCCC. The maximum Gasteiger partial charge on any atom is 0.130 e. The van der Waals surface area contributed by atoms with Crippen molar-refractivity contribution in [1.82, 2.24) is 9.88 Å². The maximum absolute atomic E-state index is 4.57. The predicted octanol–water partition coefficient (Wildman–Crippen LogP) is 4.23. The molecule has 1 aliphatic rings. The summed E-state index contributed by atoms with van der Waals surface area (Å²) in [6.07, 6.45) is 9.58. The Morgan fingerprint density at radius 1 is 1.30 bits per heavy atom. The first-order valence-electron chi connectivity index (χ1n) is 8.29. The van der Waals surface area contributed by atoms with Crippen molar-refractivity contribution in [2.75, 3.05) is 25.0 Å². The number of likely N-dealkylation sites (tertiary alicyclic amines) is 1. The fourth-order valence-corrected chi connectivity index (χ4v) is 3.05. The summed E-state index contributed by atoms with van der Waals surface area (Å²) in [7, 11) is 0. The second-order valence-corrected chi connectivity index (χ2v) is 5.77. The van der Waals surface area contributed by atoms with Crippen molar-refractivity contribution in [3.05, 3.63) is 23.9 Å². The van der Waals surface area contributed by atoms with Crippen LogP contribution in [0.25, 0.3) is 0 Å². The topological polar surface area (TPSA) is 28.2 Å². The van der Waals surface area contributed by atoms with E-state index in [4.69, 9.17) is 0 Å². The summed E-state index contributed by atoms with van der Waals surface area (Å²) in [5.74, 6) is 1.10. The van der Waals surface area contributed by atoms with Crippen LogP contribution in [-0.4, -0.2) is 29.5 Å². The smallest absolute Gasteiger partial charge is 0.130 e. The highest BCUT2D eigenvalue weighted by atomic mass is 15.2. The Labute approximate surface area is 123 Å². The molecular weight excluding hydrogens is 246 g/mol. The maximum atomic E-state index is 4.57. The molecule has 1 aliphatic heterocycles. The Hall–Kier alpha value is -1.09. The van der Waals surface area contributed by atoms with Crippen LogP contribution in [0.4, 0.5) is 5.82 Å². The number of anilines is 1. The number of pyridine rings is 1. The van der Waals surface area contributed by atoms with Gasteiger partial charge < -0.3 is 5.32 Å². The third-order valence-electron chi connectivity index (χ3n) is 4.15. The molecule has 0 amide bonds. The number of piperidine rings is 1. The molecule has 3 heteroatoms. The molecule has 1 saturated heterocycles. The van der Waals surface area contributed by atoms with Crippen LogP contribution in [0.5, 0.6) is 0 Å². The van der Waals surface area contributed by atoms with Gasteiger partial charge in [0.1, 0.15) is 5.82 Å². The largest absolute Gasteiger partial charge is 0.370 e. The molecule has 0 aromatic carbocycles. The van der Waals surface area contributed by atoms with Gasteiger partial charge in [-0.15, -0.1) is 0 Å². The number of unbranched alkanes of at least 4 members (excludes halogenated alkanes) is 1. The van der Waals surface area contributed by atoms with Crippen LogP contribution in [0, 0.1) is 0 Å². The Morgan fingerprint density at radius 3 is 3.00 bits per heavy atom. The van der Waals surface area contributed by atoms with Crippen LogP contribution in [0.1, 0.15) is 64.0 Å². The van der Waals surface area contributed by atoms with Crippen LogP contribution in [0.2, 0.25) is 0 Å². The molecule has 0 saturated carbocycles. The second kappa shape index (κ2) is 8.25.